The van der Waals surface area contributed by atoms with Gasteiger partial charge in [0, 0.05) is 24.5 Å². The van der Waals surface area contributed by atoms with E-state index in [1.54, 1.807) is 50.6 Å². The van der Waals surface area contributed by atoms with Gasteiger partial charge in [-0.3, -0.25) is 14.6 Å². The fourth-order valence-corrected chi connectivity index (χ4v) is 3.04. The summed E-state index contributed by atoms with van der Waals surface area (Å²) in [4.78, 5) is 13.1. The van der Waals surface area contributed by atoms with Crippen LogP contribution in [0.3, 0.4) is 0 Å². The zero-order valence-corrected chi connectivity index (χ0v) is 18.5. The fourth-order valence-electron chi connectivity index (χ4n) is 3.04. The molecule has 0 bridgehead atoms. The van der Waals surface area contributed by atoms with Gasteiger partial charge >= 0.3 is 0 Å². The Morgan fingerprint density at radius 1 is 1.03 bits per heavy atom. The Kier molecular flexibility index (Phi) is 5.87. The summed E-state index contributed by atoms with van der Waals surface area (Å²) >= 11 is 0. The van der Waals surface area contributed by atoms with Crippen molar-refractivity contribution in [2.24, 2.45) is 0 Å². The molecule has 0 aromatic carbocycles. The highest BCUT2D eigenvalue weighted by Crippen LogP contribution is 2.33. The van der Waals surface area contributed by atoms with Crippen molar-refractivity contribution >= 4 is 11.5 Å². The minimum atomic E-state index is -0.990. The summed E-state index contributed by atoms with van der Waals surface area (Å²) < 4.78 is 8.04. The van der Waals surface area contributed by atoms with E-state index in [0.717, 1.165) is 11.4 Å². The summed E-state index contributed by atoms with van der Waals surface area (Å²) in [5.74, 6) is 1.84. The van der Waals surface area contributed by atoms with E-state index in [9.17, 15) is 5.11 Å². The van der Waals surface area contributed by atoms with E-state index in [2.05, 4.69) is 39.2 Å². The van der Waals surface area contributed by atoms with Crippen LogP contribution in [-0.4, -0.2) is 29.8 Å². The second-order valence-corrected chi connectivity index (χ2v) is 8.23. The SMILES string of the molecule is CC(C)n1cc(Oc2ccnc(Nc3ccc(C(C)(C)O)nc3)c2)c(-c2ccccn2)n1. The minimum Gasteiger partial charge on any atom is -0.453 e. The molecule has 0 spiro atoms. The van der Waals surface area contributed by atoms with Gasteiger partial charge in [-0.25, -0.2) is 4.98 Å². The first kappa shape index (κ1) is 21.5. The Morgan fingerprint density at radius 3 is 2.53 bits per heavy atom. The lowest BCUT2D eigenvalue weighted by atomic mass is 10.1. The Labute approximate surface area is 187 Å². The van der Waals surface area contributed by atoms with Crippen molar-refractivity contribution in [3.63, 3.8) is 0 Å². The topological polar surface area (TPSA) is 98.0 Å². The summed E-state index contributed by atoms with van der Waals surface area (Å²) in [5.41, 5.74) is 1.78. The van der Waals surface area contributed by atoms with Gasteiger partial charge in [0.05, 0.1) is 29.5 Å². The second-order valence-electron chi connectivity index (χ2n) is 8.23. The molecule has 0 saturated heterocycles. The molecule has 32 heavy (non-hydrogen) atoms. The van der Waals surface area contributed by atoms with Crippen LogP contribution in [-0.2, 0) is 5.60 Å². The molecule has 0 aliphatic heterocycles. The van der Waals surface area contributed by atoms with Crippen LogP contribution in [0.15, 0.2) is 67.3 Å². The highest BCUT2D eigenvalue weighted by Gasteiger charge is 2.18. The smallest absolute Gasteiger partial charge is 0.174 e. The molecule has 0 amide bonds. The fraction of sp³-hybridized carbons (Fsp3) is 0.250. The number of anilines is 2. The third-order valence-corrected chi connectivity index (χ3v) is 4.76. The first-order valence-corrected chi connectivity index (χ1v) is 10.4. The van der Waals surface area contributed by atoms with Crippen molar-refractivity contribution in [2.75, 3.05) is 5.32 Å². The predicted molar refractivity (Wildman–Crippen MR) is 123 cm³/mol. The number of nitrogens with zero attached hydrogens (tertiary/aromatic N) is 5. The number of nitrogens with one attached hydrogen (secondary N) is 1. The number of pyridine rings is 3. The highest BCUT2D eigenvalue weighted by molar-refractivity contribution is 5.63. The Bertz CT molecular complexity index is 1180. The summed E-state index contributed by atoms with van der Waals surface area (Å²) in [7, 11) is 0. The molecule has 4 heterocycles. The number of hydrogen-bond acceptors (Lipinski definition) is 7. The number of aliphatic hydroxyl groups is 1. The lowest BCUT2D eigenvalue weighted by Gasteiger charge is -2.16. The molecular formula is C24H26N6O2. The molecule has 0 saturated carbocycles. The average molecular weight is 431 g/mol. The Morgan fingerprint density at radius 2 is 1.88 bits per heavy atom. The van der Waals surface area contributed by atoms with Crippen LogP contribution >= 0.6 is 0 Å². The molecule has 0 unspecified atom stereocenters. The molecule has 0 radical (unpaired) electrons. The van der Waals surface area contributed by atoms with Crippen LogP contribution in [0.5, 0.6) is 11.5 Å². The van der Waals surface area contributed by atoms with Crippen molar-refractivity contribution in [3.05, 3.63) is 72.9 Å². The summed E-state index contributed by atoms with van der Waals surface area (Å²) in [6, 6.07) is 13.1. The van der Waals surface area contributed by atoms with Crippen LogP contribution in [0.4, 0.5) is 11.5 Å². The summed E-state index contributed by atoms with van der Waals surface area (Å²) in [6.45, 7) is 7.52. The minimum absolute atomic E-state index is 0.184. The largest absolute Gasteiger partial charge is 0.453 e. The average Bonchev–Trinajstić information content (AvgIpc) is 3.18. The maximum Gasteiger partial charge on any atom is 0.174 e. The monoisotopic (exact) mass is 430 g/mol. The maximum atomic E-state index is 10.1. The van der Waals surface area contributed by atoms with Gasteiger partial charge in [0.2, 0.25) is 0 Å². The van der Waals surface area contributed by atoms with E-state index in [0.29, 0.717) is 28.7 Å². The van der Waals surface area contributed by atoms with E-state index in [4.69, 9.17) is 4.74 Å². The third-order valence-electron chi connectivity index (χ3n) is 4.76. The Hall–Kier alpha value is -3.78. The highest BCUT2D eigenvalue weighted by atomic mass is 16.5. The molecular weight excluding hydrogens is 404 g/mol. The third kappa shape index (κ3) is 4.92. The maximum absolute atomic E-state index is 10.1. The van der Waals surface area contributed by atoms with Gasteiger partial charge in [-0.15, -0.1) is 0 Å². The molecule has 8 heteroatoms. The van der Waals surface area contributed by atoms with Crippen LogP contribution in [0, 0.1) is 0 Å². The molecule has 0 atom stereocenters. The lowest BCUT2D eigenvalue weighted by molar-refractivity contribution is 0.0739. The van der Waals surface area contributed by atoms with E-state index in [1.165, 1.54) is 0 Å². The number of hydrogen-bond donors (Lipinski definition) is 2. The van der Waals surface area contributed by atoms with Crippen LogP contribution < -0.4 is 10.1 Å². The second kappa shape index (κ2) is 8.76. The molecule has 0 aliphatic carbocycles. The van der Waals surface area contributed by atoms with Crippen LogP contribution in [0.2, 0.25) is 0 Å². The van der Waals surface area contributed by atoms with Gasteiger partial charge in [0.25, 0.3) is 0 Å². The standard InChI is InChI=1S/C24H26N6O2/c1-16(2)30-15-20(23(29-30)19-7-5-6-11-25-19)32-18-10-12-26-22(13-18)28-17-8-9-21(27-14-17)24(3,4)31/h5-16,31H,1-4H3,(H,26,28). The van der Waals surface area contributed by atoms with E-state index >= 15 is 0 Å². The first-order chi connectivity index (χ1) is 15.3. The Balaban J connectivity index is 1.57. The van der Waals surface area contributed by atoms with Gasteiger partial charge < -0.3 is 15.2 Å². The molecule has 2 N–H and O–H groups in total. The molecule has 164 valence electrons. The zero-order valence-electron chi connectivity index (χ0n) is 18.5. The quantitative estimate of drug-likeness (QED) is 0.422. The van der Waals surface area contributed by atoms with Gasteiger partial charge in [-0.1, -0.05) is 6.07 Å². The molecule has 4 aromatic heterocycles. The lowest BCUT2D eigenvalue weighted by Crippen LogP contribution is -2.17. The number of rotatable bonds is 7. The van der Waals surface area contributed by atoms with Crippen molar-refractivity contribution in [1.82, 2.24) is 24.7 Å². The van der Waals surface area contributed by atoms with Gasteiger partial charge in [0.1, 0.15) is 17.2 Å². The van der Waals surface area contributed by atoms with E-state index in [1.807, 2.05) is 35.1 Å². The zero-order chi connectivity index (χ0) is 22.7. The van der Waals surface area contributed by atoms with Crippen molar-refractivity contribution in [2.45, 2.75) is 39.3 Å². The predicted octanol–water partition coefficient (Wildman–Crippen LogP) is 5.08. The van der Waals surface area contributed by atoms with Crippen LogP contribution in [0.1, 0.15) is 39.4 Å². The first-order valence-electron chi connectivity index (χ1n) is 10.4. The van der Waals surface area contributed by atoms with E-state index < -0.39 is 5.60 Å². The van der Waals surface area contributed by atoms with Gasteiger partial charge in [0.15, 0.2) is 11.4 Å². The van der Waals surface area contributed by atoms with Crippen molar-refractivity contribution in [1.29, 1.82) is 0 Å². The molecule has 0 fully saturated rings. The number of ether oxygens (including phenoxy) is 1. The molecule has 4 rings (SSSR count). The van der Waals surface area contributed by atoms with Crippen molar-refractivity contribution < 1.29 is 9.84 Å². The van der Waals surface area contributed by atoms with E-state index in [-0.39, 0.29) is 6.04 Å². The summed E-state index contributed by atoms with van der Waals surface area (Å²) in [6.07, 6.45) is 6.94. The molecule has 8 nitrogen and oxygen atoms in total. The van der Waals surface area contributed by atoms with Gasteiger partial charge in [-0.05, 0) is 58.0 Å². The van der Waals surface area contributed by atoms with Crippen LogP contribution in [0.25, 0.3) is 11.4 Å². The normalized spacial score (nSPS) is 11.6. The number of aromatic nitrogens is 5. The molecule has 4 aromatic rings. The van der Waals surface area contributed by atoms with Gasteiger partial charge in [-0.2, -0.15) is 5.10 Å². The molecule has 0 aliphatic rings. The summed E-state index contributed by atoms with van der Waals surface area (Å²) in [5, 5.41) is 17.9. The van der Waals surface area contributed by atoms with Crippen molar-refractivity contribution in [3.8, 4) is 22.9 Å².